The minimum atomic E-state index is -0.0707. The highest BCUT2D eigenvalue weighted by atomic mass is 16.5. The second-order valence-corrected chi connectivity index (χ2v) is 5.88. The number of hydrogen-bond donors (Lipinski definition) is 1. The molecule has 2 rings (SSSR count). The van der Waals surface area contributed by atoms with Crippen LogP contribution in [0.2, 0.25) is 0 Å². The summed E-state index contributed by atoms with van der Waals surface area (Å²) >= 11 is 0. The molecule has 0 bridgehead atoms. The lowest BCUT2D eigenvalue weighted by molar-refractivity contribution is 0.0670. The van der Waals surface area contributed by atoms with E-state index in [2.05, 4.69) is 19.2 Å². The summed E-state index contributed by atoms with van der Waals surface area (Å²) in [5, 5.41) is 2.95. The Kier molecular flexibility index (Phi) is 6.05. The molecule has 0 aromatic heterocycles. The second kappa shape index (κ2) is 8.03. The number of amides is 1. The molecule has 1 atom stereocenters. The Morgan fingerprint density at radius 1 is 1.43 bits per heavy atom. The molecular weight excluding hydrogens is 266 g/mol. The number of carbonyl (C=O) groups excluding carboxylic acids is 1. The van der Waals surface area contributed by atoms with Crippen molar-refractivity contribution >= 4 is 5.91 Å². The molecule has 1 amide bonds. The van der Waals surface area contributed by atoms with Crippen LogP contribution in [0.15, 0.2) is 24.3 Å². The predicted octanol–water partition coefficient (Wildman–Crippen LogP) is 3.02. The highest BCUT2D eigenvalue weighted by molar-refractivity contribution is 5.96. The zero-order valence-corrected chi connectivity index (χ0v) is 12.9. The van der Waals surface area contributed by atoms with Gasteiger partial charge in [-0.05, 0) is 37.3 Å². The third-order valence-corrected chi connectivity index (χ3v) is 3.59. The number of rotatable bonds is 7. The minimum Gasteiger partial charge on any atom is -0.490 e. The summed E-state index contributed by atoms with van der Waals surface area (Å²) in [6.07, 6.45) is 3.25. The highest BCUT2D eigenvalue weighted by Gasteiger charge is 2.18. The first-order valence-electron chi connectivity index (χ1n) is 7.78. The number of benzene rings is 1. The standard InChI is InChI=1S/C17H25NO3/c1-13(2)9-10-18-17(19)15-7-3-4-8-16(15)21-12-14-6-5-11-20-14/h3-4,7-8,13-14H,5-6,9-12H2,1-2H3,(H,18,19). The quantitative estimate of drug-likeness (QED) is 0.840. The molecule has 1 aliphatic heterocycles. The van der Waals surface area contributed by atoms with Gasteiger partial charge in [-0.3, -0.25) is 4.79 Å². The number of nitrogens with one attached hydrogen (secondary N) is 1. The average molecular weight is 291 g/mol. The molecule has 0 spiro atoms. The van der Waals surface area contributed by atoms with E-state index in [0.717, 1.165) is 25.9 Å². The van der Waals surface area contributed by atoms with Gasteiger partial charge in [0.2, 0.25) is 0 Å². The monoisotopic (exact) mass is 291 g/mol. The zero-order valence-electron chi connectivity index (χ0n) is 12.9. The predicted molar refractivity (Wildman–Crippen MR) is 82.7 cm³/mol. The molecule has 1 N–H and O–H groups in total. The molecular formula is C17H25NO3. The molecule has 1 aromatic rings. The van der Waals surface area contributed by atoms with Crippen LogP contribution in [0.5, 0.6) is 5.75 Å². The number of hydrogen-bond acceptors (Lipinski definition) is 3. The zero-order chi connectivity index (χ0) is 15.1. The molecule has 4 nitrogen and oxygen atoms in total. The maximum absolute atomic E-state index is 12.2. The van der Waals surface area contributed by atoms with E-state index in [1.165, 1.54) is 0 Å². The lowest BCUT2D eigenvalue weighted by atomic mass is 10.1. The minimum absolute atomic E-state index is 0.0707. The molecule has 1 heterocycles. The summed E-state index contributed by atoms with van der Waals surface area (Å²) in [6.45, 7) is 6.30. The largest absolute Gasteiger partial charge is 0.490 e. The van der Waals surface area contributed by atoms with Gasteiger partial charge in [-0.1, -0.05) is 26.0 Å². The Hall–Kier alpha value is -1.55. The molecule has 1 aromatic carbocycles. The molecule has 1 saturated heterocycles. The van der Waals surface area contributed by atoms with Crippen LogP contribution in [0.25, 0.3) is 0 Å². The van der Waals surface area contributed by atoms with Crippen molar-refractivity contribution in [2.75, 3.05) is 19.8 Å². The van der Waals surface area contributed by atoms with E-state index in [0.29, 0.717) is 30.4 Å². The number of carbonyl (C=O) groups is 1. The Labute approximate surface area is 126 Å². The SMILES string of the molecule is CC(C)CCNC(=O)c1ccccc1OCC1CCCO1. The van der Waals surface area contributed by atoms with Crippen molar-refractivity contribution in [3.05, 3.63) is 29.8 Å². The molecule has 0 aliphatic carbocycles. The van der Waals surface area contributed by atoms with Gasteiger partial charge in [-0.25, -0.2) is 0 Å². The average Bonchev–Trinajstić information content (AvgIpc) is 2.98. The van der Waals surface area contributed by atoms with Crippen LogP contribution in [-0.4, -0.2) is 31.8 Å². The summed E-state index contributed by atoms with van der Waals surface area (Å²) in [7, 11) is 0. The Balaban J connectivity index is 1.90. The van der Waals surface area contributed by atoms with Crippen LogP contribution in [0.1, 0.15) is 43.5 Å². The van der Waals surface area contributed by atoms with Gasteiger partial charge < -0.3 is 14.8 Å². The van der Waals surface area contributed by atoms with E-state index in [1.54, 1.807) is 6.07 Å². The topological polar surface area (TPSA) is 47.6 Å². The fourth-order valence-corrected chi connectivity index (χ4v) is 2.31. The fourth-order valence-electron chi connectivity index (χ4n) is 2.31. The van der Waals surface area contributed by atoms with E-state index in [4.69, 9.17) is 9.47 Å². The summed E-state index contributed by atoms with van der Waals surface area (Å²) < 4.78 is 11.3. The van der Waals surface area contributed by atoms with Gasteiger partial charge >= 0.3 is 0 Å². The van der Waals surface area contributed by atoms with Gasteiger partial charge in [-0.2, -0.15) is 0 Å². The summed E-state index contributed by atoms with van der Waals surface area (Å²) in [4.78, 5) is 12.2. The summed E-state index contributed by atoms with van der Waals surface area (Å²) in [6, 6.07) is 7.38. The first kappa shape index (κ1) is 15.8. The van der Waals surface area contributed by atoms with E-state index in [1.807, 2.05) is 18.2 Å². The molecule has 1 aliphatic rings. The van der Waals surface area contributed by atoms with E-state index >= 15 is 0 Å². The van der Waals surface area contributed by atoms with Crippen LogP contribution < -0.4 is 10.1 Å². The van der Waals surface area contributed by atoms with Crippen LogP contribution in [0.3, 0.4) is 0 Å². The highest BCUT2D eigenvalue weighted by Crippen LogP contribution is 2.20. The van der Waals surface area contributed by atoms with Crippen LogP contribution in [0.4, 0.5) is 0 Å². The van der Waals surface area contributed by atoms with E-state index in [9.17, 15) is 4.79 Å². The molecule has 21 heavy (non-hydrogen) atoms. The van der Waals surface area contributed by atoms with E-state index < -0.39 is 0 Å². The Morgan fingerprint density at radius 2 is 2.24 bits per heavy atom. The van der Waals surface area contributed by atoms with Gasteiger partial charge in [0, 0.05) is 13.2 Å². The van der Waals surface area contributed by atoms with Crippen molar-refractivity contribution in [2.24, 2.45) is 5.92 Å². The second-order valence-electron chi connectivity index (χ2n) is 5.88. The van der Waals surface area contributed by atoms with Crippen molar-refractivity contribution in [2.45, 2.75) is 39.2 Å². The van der Waals surface area contributed by atoms with Gasteiger partial charge in [-0.15, -0.1) is 0 Å². The van der Waals surface area contributed by atoms with Crippen molar-refractivity contribution in [3.8, 4) is 5.75 Å². The fraction of sp³-hybridized carbons (Fsp3) is 0.588. The first-order chi connectivity index (χ1) is 10.2. The van der Waals surface area contributed by atoms with Crippen molar-refractivity contribution in [1.82, 2.24) is 5.32 Å². The van der Waals surface area contributed by atoms with Gasteiger partial charge in [0.1, 0.15) is 12.4 Å². The molecule has 0 radical (unpaired) electrons. The molecule has 0 saturated carbocycles. The van der Waals surface area contributed by atoms with Gasteiger partial charge in [0.05, 0.1) is 11.7 Å². The molecule has 1 fully saturated rings. The summed E-state index contributed by atoms with van der Waals surface area (Å²) in [5.41, 5.74) is 0.597. The lowest BCUT2D eigenvalue weighted by Gasteiger charge is -2.14. The first-order valence-corrected chi connectivity index (χ1v) is 7.78. The lowest BCUT2D eigenvalue weighted by Crippen LogP contribution is -2.26. The molecule has 4 heteroatoms. The third kappa shape index (κ3) is 5.05. The number of para-hydroxylation sites is 1. The maximum Gasteiger partial charge on any atom is 0.255 e. The third-order valence-electron chi connectivity index (χ3n) is 3.59. The molecule has 116 valence electrons. The smallest absolute Gasteiger partial charge is 0.255 e. The van der Waals surface area contributed by atoms with Crippen molar-refractivity contribution in [3.63, 3.8) is 0 Å². The maximum atomic E-state index is 12.2. The van der Waals surface area contributed by atoms with Crippen LogP contribution in [0, 0.1) is 5.92 Å². The van der Waals surface area contributed by atoms with E-state index in [-0.39, 0.29) is 12.0 Å². The molecule has 1 unspecified atom stereocenters. The number of ether oxygens (including phenoxy) is 2. The van der Waals surface area contributed by atoms with Gasteiger partial charge in [0.15, 0.2) is 0 Å². The summed E-state index contributed by atoms with van der Waals surface area (Å²) in [5.74, 6) is 1.14. The normalized spacial score (nSPS) is 18.0. The van der Waals surface area contributed by atoms with Crippen LogP contribution >= 0.6 is 0 Å². The van der Waals surface area contributed by atoms with Gasteiger partial charge in [0.25, 0.3) is 5.91 Å². The Morgan fingerprint density at radius 3 is 2.95 bits per heavy atom. The van der Waals surface area contributed by atoms with Crippen LogP contribution in [-0.2, 0) is 4.74 Å². The van der Waals surface area contributed by atoms with Crippen molar-refractivity contribution in [1.29, 1.82) is 0 Å². The van der Waals surface area contributed by atoms with Crippen molar-refractivity contribution < 1.29 is 14.3 Å². The Bertz CT molecular complexity index is 453.